The molecule has 1 saturated heterocycles. The summed E-state index contributed by atoms with van der Waals surface area (Å²) in [4.78, 5) is 0. The minimum Gasteiger partial charge on any atom is -0.375 e. The first kappa shape index (κ1) is 14.5. The van der Waals surface area contributed by atoms with E-state index >= 15 is 0 Å². The van der Waals surface area contributed by atoms with Gasteiger partial charge in [-0.15, -0.1) is 0 Å². The van der Waals surface area contributed by atoms with Gasteiger partial charge in [-0.1, -0.05) is 26.2 Å². The van der Waals surface area contributed by atoms with Crippen molar-refractivity contribution in [3.05, 3.63) is 0 Å². The van der Waals surface area contributed by atoms with Crippen molar-refractivity contribution in [3.8, 4) is 0 Å². The third-order valence-electron chi connectivity index (χ3n) is 4.44. The van der Waals surface area contributed by atoms with E-state index in [1.54, 1.807) is 0 Å². The summed E-state index contributed by atoms with van der Waals surface area (Å²) in [6.45, 7) is 3.53. The van der Waals surface area contributed by atoms with Crippen molar-refractivity contribution in [2.45, 2.75) is 62.7 Å². The molecule has 1 aliphatic heterocycles. The number of rotatable bonds is 4. The van der Waals surface area contributed by atoms with E-state index in [1.807, 2.05) is 0 Å². The Kier molecular flexibility index (Phi) is 5.22. The fourth-order valence-corrected chi connectivity index (χ4v) is 5.05. The van der Waals surface area contributed by atoms with Crippen LogP contribution in [0.25, 0.3) is 0 Å². The molecule has 0 amide bonds. The van der Waals surface area contributed by atoms with Crippen LogP contribution in [-0.4, -0.2) is 34.0 Å². The van der Waals surface area contributed by atoms with E-state index in [9.17, 15) is 4.21 Å². The highest BCUT2D eigenvalue weighted by atomic mass is 32.2. The Hall–Kier alpha value is 0.0700. The first-order valence-corrected chi connectivity index (χ1v) is 8.75. The zero-order valence-corrected chi connectivity index (χ0v) is 12.3. The minimum absolute atomic E-state index is 0.0722. The molecule has 0 aromatic carbocycles. The Labute approximate surface area is 113 Å². The molecule has 3 atom stereocenters. The molecule has 2 fully saturated rings. The van der Waals surface area contributed by atoms with E-state index in [2.05, 4.69) is 6.92 Å². The summed E-state index contributed by atoms with van der Waals surface area (Å²) in [5, 5.41) is 0.339. The number of hydrogen-bond donors (Lipinski definition) is 1. The monoisotopic (exact) mass is 273 g/mol. The van der Waals surface area contributed by atoms with E-state index in [0.29, 0.717) is 17.7 Å². The van der Waals surface area contributed by atoms with Crippen LogP contribution in [0.3, 0.4) is 0 Å². The molecular formula is C14H27NO2S. The van der Waals surface area contributed by atoms with Crippen LogP contribution in [0, 0.1) is 5.92 Å². The van der Waals surface area contributed by atoms with Gasteiger partial charge in [-0.05, 0) is 38.1 Å². The molecule has 2 aliphatic rings. The van der Waals surface area contributed by atoms with Crippen LogP contribution in [0.1, 0.15) is 51.9 Å². The van der Waals surface area contributed by atoms with Gasteiger partial charge in [0.25, 0.3) is 0 Å². The molecule has 4 heteroatoms. The van der Waals surface area contributed by atoms with Gasteiger partial charge >= 0.3 is 0 Å². The molecule has 2 N–H and O–H groups in total. The van der Waals surface area contributed by atoms with Gasteiger partial charge in [0.05, 0.1) is 5.60 Å². The molecule has 2 rings (SSSR count). The Balaban J connectivity index is 1.91. The van der Waals surface area contributed by atoms with E-state index in [0.717, 1.165) is 25.2 Å². The predicted molar refractivity (Wildman–Crippen MR) is 76.0 cm³/mol. The highest BCUT2D eigenvalue weighted by molar-refractivity contribution is 7.85. The topological polar surface area (TPSA) is 52.3 Å². The fraction of sp³-hybridized carbons (Fsp3) is 1.00. The van der Waals surface area contributed by atoms with Gasteiger partial charge in [0.1, 0.15) is 0 Å². The molecule has 0 radical (unpaired) electrons. The third kappa shape index (κ3) is 3.55. The van der Waals surface area contributed by atoms with Crippen molar-refractivity contribution >= 4 is 10.8 Å². The summed E-state index contributed by atoms with van der Waals surface area (Å²) in [5.41, 5.74) is 5.70. The highest BCUT2D eigenvalue weighted by Crippen LogP contribution is 2.39. The summed E-state index contributed by atoms with van der Waals surface area (Å²) in [7, 11) is -0.724. The molecule has 3 nitrogen and oxygen atoms in total. The molecule has 1 spiro atoms. The number of ether oxygens (including phenoxy) is 1. The summed E-state index contributed by atoms with van der Waals surface area (Å²) in [6, 6.07) is 0. The Morgan fingerprint density at radius 2 is 2.11 bits per heavy atom. The maximum absolute atomic E-state index is 12.4. The largest absolute Gasteiger partial charge is 0.375 e. The standard InChI is InChI=1S/C14H27NO2S/c1-12(10-15)11-18(16)13-5-8-17-14(9-13)6-3-2-4-7-14/h12-13H,2-11,15H2,1H3. The summed E-state index contributed by atoms with van der Waals surface area (Å²) < 4.78 is 18.5. The molecule has 1 heterocycles. The van der Waals surface area contributed by atoms with Crippen molar-refractivity contribution in [2.24, 2.45) is 11.7 Å². The molecule has 0 bridgehead atoms. The molecule has 0 aromatic rings. The second-order valence-electron chi connectivity index (χ2n) is 6.10. The first-order valence-electron chi connectivity index (χ1n) is 7.36. The quantitative estimate of drug-likeness (QED) is 0.854. The highest BCUT2D eigenvalue weighted by Gasteiger charge is 2.40. The third-order valence-corrected chi connectivity index (χ3v) is 6.48. The predicted octanol–water partition coefficient (Wildman–Crippen LogP) is 2.21. The first-order chi connectivity index (χ1) is 8.65. The Morgan fingerprint density at radius 3 is 2.78 bits per heavy atom. The van der Waals surface area contributed by atoms with Crippen LogP contribution < -0.4 is 5.73 Å². The van der Waals surface area contributed by atoms with Crippen LogP contribution in [0.15, 0.2) is 0 Å². The van der Waals surface area contributed by atoms with Crippen LogP contribution in [0.5, 0.6) is 0 Å². The van der Waals surface area contributed by atoms with Crippen molar-refractivity contribution in [2.75, 3.05) is 18.9 Å². The Bertz CT molecular complexity index is 284. The zero-order chi connectivity index (χ0) is 13.0. The fourth-order valence-electron chi connectivity index (χ4n) is 3.24. The average molecular weight is 273 g/mol. The lowest BCUT2D eigenvalue weighted by atomic mass is 9.80. The van der Waals surface area contributed by atoms with Crippen molar-refractivity contribution in [1.29, 1.82) is 0 Å². The van der Waals surface area contributed by atoms with Crippen LogP contribution >= 0.6 is 0 Å². The molecule has 1 saturated carbocycles. The second-order valence-corrected chi connectivity index (χ2v) is 7.86. The van der Waals surface area contributed by atoms with Crippen molar-refractivity contribution < 1.29 is 8.95 Å². The van der Waals surface area contributed by atoms with E-state index < -0.39 is 10.8 Å². The average Bonchev–Trinajstić information content (AvgIpc) is 2.39. The van der Waals surface area contributed by atoms with Gasteiger partial charge in [-0.2, -0.15) is 0 Å². The molecule has 3 unspecified atom stereocenters. The molecule has 106 valence electrons. The number of hydrogen-bond acceptors (Lipinski definition) is 3. The SMILES string of the molecule is CC(CN)CS(=O)C1CCOC2(CCCCC2)C1. The Morgan fingerprint density at radius 1 is 1.39 bits per heavy atom. The van der Waals surface area contributed by atoms with Gasteiger partial charge in [-0.25, -0.2) is 0 Å². The normalized spacial score (nSPS) is 31.1. The summed E-state index contributed by atoms with van der Waals surface area (Å²) in [5.74, 6) is 1.13. The lowest BCUT2D eigenvalue weighted by Gasteiger charge is -2.43. The molecule has 1 aliphatic carbocycles. The lowest BCUT2D eigenvalue weighted by Crippen LogP contribution is -2.45. The maximum Gasteiger partial charge on any atom is 0.0694 e. The second kappa shape index (κ2) is 6.49. The van der Waals surface area contributed by atoms with Gasteiger partial charge in [0.2, 0.25) is 0 Å². The van der Waals surface area contributed by atoms with Crippen LogP contribution in [0.2, 0.25) is 0 Å². The maximum atomic E-state index is 12.4. The van der Waals surface area contributed by atoms with Gasteiger partial charge < -0.3 is 10.5 Å². The van der Waals surface area contributed by atoms with E-state index in [1.165, 1.54) is 32.1 Å². The molecule has 0 aromatic heterocycles. The van der Waals surface area contributed by atoms with E-state index in [4.69, 9.17) is 10.5 Å². The van der Waals surface area contributed by atoms with Crippen molar-refractivity contribution in [3.63, 3.8) is 0 Å². The molecular weight excluding hydrogens is 246 g/mol. The van der Waals surface area contributed by atoms with Crippen molar-refractivity contribution in [1.82, 2.24) is 0 Å². The van der Waals surface area contributed by atoms with Crippen LogP contribution in [-0.2, 0) is 15.5 Å². The van der Waals surface area contributed by atoms with Crippen LogP contribution in [0.4, 0.5) is 0 Å². The molecule has 18 heavy (non-hydrogen) atoms. The lowest BCUT2D eigenvalue weighted by molar-refractivity contribution is -0.0975. The van der Waals surface area contributed by atoms with E-state index in [-0.39, 0.29) is 5.60 Å². The smallest absolute Gasteiger partial charge is 0.0694 e. The van der Waals surface area contributed by atoms with Gasteiger partial charge in [0, 0.05) is 28.4 Å². The van der Waals surface area contributed by atoms with Gasteiger partial charge in [-0.3, -0.25) is 4.21 Å². The summed E-state index contributed by atoms with van der Waals surface area (Å²) in [6.07, 6.45) is 8.21. The zero-order valence-electron chi connectivity index (χ0n) is 11.5. The number of nitrogens with two attached hydrogens (primary N) is 1. The van der Waals surface area contributed by atoms with Gasteiger partial charge in [0.15, 0.2) is 0 Å². The minimum atomic E-state index is -0.724. The summed E-state index contributed by atoms with van der Waals surface area (Å²) >= 11 is 0.